The van der Waals surface area contributed by atoms with E-state index in [-0.39, 0.29) is 5.91 Å². The molecule has 8 heteroatoms. The number of methoxy groups -OCH3 is 1. The average Bonchev–Trinajstić information content (AvgIpc) is 3.02. The van der Waals surface area contributed by atoms with E-state index in [4.69, 9.17) is 10.5 Å². The third-order valence-corrected chi connectivity index (χ3v) is 5.65. The normalized spacial score (nSPS) is 10.4. The molecule has 0 unspecified atom stereocenters. The quantitative estimate of drug-likeness (QED) is 0.708. The van der Waals surface area contributed by atoms with Gasteiger partial charge in [0.05, 0.1) is 10.9 Å². The Morgan fingerprint density at radius 2 is 2.19 bits per heavy atom. The fourth-order valence-corrected chi connectivity index (χ4v) is 4.36. The zero-order valence-corrected chi connectivity index (χ0v) is 14.9. The number of hydrogen-bond donors (Lipinski definition) is 3. The minimum Gasteiger partial charge on any atom is -0.492 e. The van der Waals surface area contributed by atoms with E-state index in [0.717, 1.165) is 21.8 Å². The average molecular weight is 390 g/mol. The number of amides is 1. The fraction of sp³-hybridized carbons (Fsp3) is 0.308. The van der Waals surface area contributed by atoms with Gasteiger partial charge in [0, 0.05) is 18.5 Å². The molecule has 0 saturated carbocycles. The molecule has 114 valence electrons. The molecule has 21 heavy (non-hydrogen) atoms. The number of rotatable bonds is 6. The lowest BCUT2D eigenvalue weighted by Gasteiger charge is -2.06. The van der Waals surface area contributed by atoms with Crippen LogP contribution in [0, 0.1) is 0 Å². The smallest absolute Gasteiger partial charge is 0.263 e. The molecule has 0 spiro atoms. The van der Waals surface area contributed by atoms with Crippen LogP contribution >= 0.6 is 38.6 Å². The van der Waals surface area contributed by atoms with Crippen molar-refractivity contribution in [2.75, 3.05) is 31.8 Å². The summed E-state index contributed by atoms with van der Waals surface area (Å²) < 4.78 is 6.42. The van der Waals surface area contributed by atoms with Gasteiger partial charge in [0.25, 0.3) is 5.91 Å². The minimum atomic E-state index is -0.203. The summed E-state index contributed by atoms with van der Waals surface area (Å²) in [5.41, 5.74) is 6.34. The highest BCUT2D eigenvalue weighted by atomic mass is 79.9. The second-order valence-corrected chi connectivity index (χ2v) is 7.74. The molecule has 0 aliphatic heterocycles. The van der Waals surface area contributed by atoms with Crippen molar-refractivity contribution in [2.24, 2.45) is 0 Å². The monoisotopic (exact) mass is 389 g/mol. The molecular formula is C13H16BrN3O2S2. The van der Waals surface area contributed by atoms with E-state index >= 15 is 0 Å². The molecule has 0 atom stereocenters. The number of nitrogens with two attached hydrogens (primary N) is 1. The Kier molecular flexibility index (Phi) is 5.49. The first-order chi connectivity index (χ1) is 10.1. The van der Waals surface area contributed by atoms with Crippen LogP contribution in [0.25, 0.3) is 0 Å². The third-order valence-electron chi connectivity index (χ3n) is 2.82. The van der Waals surface area contributed by atoms with Crippen LogP contribution in [-0.4, -0.2) is 26.6 Å². The Hall–Kier alpha value is -1.25. The number of carbonyl (C=O) groups is 1. The predicted molar refractivity (Wildman–Crippen MR) is 92.9 cm³/mol. The molecule has 4 N–H and O–H groups in total. The molecule has 2 aromatic heterocycles. The van der Waals surface area contributed by atoms with Gasteiger partial charge in [-0.15, -0.1) is 22.7 Å². The standard InChI is InChI=1S/C13H16BrN3O2S2/c1-16-12(18)11-9(15)10(19-2)13(21-11)17-6-5-7-3-4-8(14)20-7/h3-4,17H,5-6,15H2,1-2H3,(H,16,18). The maximum absolute atomic E-state index is 11.7. The van der Waals surface area contributed by atoms with E-state index in [0.29, 0.717) is 16.3 Å². The van der Waals surface area contributed by atoms with Crippen LogP contribution in [-0.2, 0) is 6.42 Å². The van der Waals surface area contributed by atoms with Crippen LogP contribution in [0.4, 0.5) is 10.7 Å². The van der Waals surface area contributed by atoms with Crippen LogP contribution in [0.1, 0.15) is 14.5 Å². The van der Waals surface area contributed by atoms with E-state index in [1.54, 1.807) is 25.5 Å². The molecule has 0 aliphatic rings. The van der Waals surface area contributed by atoms with E-state index in [2.05, 4.69) is 32.6 Å². The Labute approximate surface area is 139 Å². The molecule has 0 aliphatic carbocycles. The predicted octanol–water partition coefficient (Wildman–Crippen LogP) is 3.18. The maximum Gasteiger partial charge on any atom is 0.263 e. The number of hydrogen-bond acceptors (Lipinski definition) is 6. The summed E-state index contributed by atoms with van der Waals surface area (Å²) in [6, 6.07) is 4.12. The van der Waals surface area contributed by atoms with Crippen molar-refractivity contribution in [3.05, 3.63) is 25.7 Å². The lowest BCUT2D eigenvalue weighted by molar-refractivity contribution is 0.0967. The van der Waals surface area contributed by atoms with Crippen LogP contribution in [0.5, 0.6) is 5.75 Å². The Bertz CT molecular complexity index is 639. The second kappa shape index (κ2) is 7.15. The lowest BCUT2D eigenvalue weighted by atomic mass is 10.3. The zero-order valence-electron chi connectivity index (χ0n) is 11.7. The summed E-state index contributed by atoms with van der Waals surface area (Å²) in [7, 11) is 3.13. The minimum absolute atomic E-state index is 0.203. The van der Waals surface area contributed by atoms with Gasteiger partial charge in [0.15, 0.2) is 5.75 Å². The van der Waals surface area contributed by atoms with Crippen molar-refractivity contribution in [3.8, 4) is 5.75 Å². The lowest BCUT2D eigenvalue weighted by Crippen LogP contribution is -2.17. The van der Waals surface area contributed by atoms with Crippen molar-refractivity contribution in [1.82, 2.24) is 5.32 Å². The third kappa shape index (κ3) is 3.69. The van der Waals surface area contributed by atoms with Gasteiger partial charge in [0.1, 0.15) is 15.6 Å². The molecule has 0 fully saturated rings. The van der Waals surface area contributed by atoms with Gasteiger partial charge in [-0.05, 0) is 34.5 Å². The Balaban J connectivity index is 2.07. The zero-order chi connectivity index (χ0) is 15.4. The highest BCUT2D eigenvalue weighted by Gasteiger charge is 2.20. The van der Waals surface area contributed by atoms with Crippen LogP contribution in [0.2, 0.25) is 0 Å². The van der Waals surface area contributed by atoms with Crippen LogP contribution in [0.3, 0.4) is 0 Å². The Morgan fingerprint density at radius 3 is 2.76 bits per heavy atom. The van der Waals surface area contributed by atoms with E-state index in [1.165, 1.54) is 16.2 Å². The number of halogens is 1. The van der Waals surface area contributed by atoms with E-state index in [1.807, 2.05) is 6.07 Å². The SMILES string of the molecule is CNC(=O)c1sc(NCCc2ccc(Br)s2)c(OC)c1N. The highest BCUT2D eigenvalue weighted by molar-refractivity contribution is 9.11. The molecule has 5 nitrogen and oxygen atoms in total. The molecule has 0 saturated heterocycles. The number of ether oxygens (including phenoxy) is 1. The van der Waals surface area contributed by atoms with Gasteiger partial charge in [-0.25, -0.2) is 0 Å². The second-order valence-electron chi connectivity index (χ2n) is 4.17. The summed E-state index contributed by atoms with van der Waals surface area (Å²) in [6.07, 6.45) is 0.895. The van der Waals surface area contributed by atoms with Crippen LogP contribution in [0.15, 0.2) is 15.9 Å². The molecule has 0 bridgehead atoms. The van der Waals surface area contributed by atoms with Gasteiger partial charge >= 0.3 is 0 Å². The van der Waals surface area contributed by atoms with E-state index < -0.39 is 0 Å². The van der Waals surface area contributed by atoms with Crippen molar-refractivity contribution < 1.29 is 9.53 Å². The molecule has 1 amide bonds. The summed E-state index contributed by atoms with van der Waals surface area (Å²) in [5.74, 6) is 0.331. The first-order valence-corrected chi connectivity index (χ1v) is 8.65. The molecule has 2 heterocycles. The summed E-state index contributed by atoms with van der Waals surface area (Å²) in [5, 5.41) is 6.64. The molecular weight excluding hydrogens is 374 g/mol. The fourth-order valence-electron chi connectivity index (χ4n) is 1.82. The molecule has 2 aromatic rings. The summed E-state index contributed by atoms with van der Waals surface area (Å²) in [6.45, 7) is 0.746. The largest absolute Gasteiger partial charge is 0.492 e. The molecule has 0 aromatic carbocycles. The van der Waals surface area contributed by atoms with Gasteiger partial charge < -0.3 is 21.1 Å². The van der Waals surface area contributed by atoms with Crippen molar-refractivity contribution in [2.45, 2.75) is 6.42 Å². The van der Waals surface area contributed by atoms with Crippen LogP contribution < -0.4 is 21.1 Å². The van der Waals surface area contributed by atoms with Crippen molar-refractivity contribution in [3.63, 3.8) is 0 Å². The van der Waals surface area contributed by atoms with Gasteiger partial charge in [-0.1, -0.05) is 0 Å². The molecule has 2 rings (SSSR count). The van der Waals surface area contributed by atoms with Crippen molar-refractivity contribution in [1.29, 1.82) is 0 Å². The number of thiophene rings is 2. The highest BCUT2D eigenvalue weighted by Crippen LogP contribution is 2.42. The number of nitrogen functional groups attached to an aromatic ring is 1. The number of anilines is 2. The first kappa shape index (κ1) is 16.1. The van der Waals surface area contributed by atoms with Gasteiger partial charge in [0.2, 0.25) is 0 Å². The summed E-state index contributed by atoms with van der Waals surface area (Å²) in [4.78, 5) is 13.5. The topological polar surface area (TPSA) is 76.4 Å². The summed E-state index contributed by atoms with van der Waals surface area (Å²) >= 11 is 6.46. The van der Waals surface area contributed by atoms with Gasteiger partial charge in [-0.2, -0.15) is 0 Å². The van der Waals surface area contributed by atoms with Crippen molar-refractivity contribution >= 4 is 55.2 Å². The Morgan fingerprint density at radius 1 is 1.43 bits per heavy atom. The number of carbonyl (C=O) groups excluding carboxylic acids is 1. The van der Waals surface area contributed by atoms with Gasteiger partial charge in [-0.3, -0.25) is 4.79 Å². The first-order valence-electron chi connectivity index (χ1n) is 6.23. The maximum atomic E-state index is 11.7. The van der Waals surface area contributed by atoms with E-state index in [9.17, 15) is 4.79 Å². The number of nitrogens with one attached hydrogen (secondary N) is 2. The molecule has 0 radical (unpaired) electrons.